The molecule has 0 amide bonds. The van der Waals surface area contributed by atoms with E-state index >= 15 is 0 Å². The molecule has 1 heterocycles. The number of benzene rings is 1. The number of nitrogens with zero attached hydrogens (tertiary/aromatic N) is 1. The molecule has 146 valence electrons. The molecule has 0 radical (unpaired) electrons. The highest BCUT2D eigenvalue weighted by Gasteiger charge is 2.32. The fraction of sp³-hybridized carbons (Fsp3) is 0.400. The highest BCUT2D eigenvalue weighted by Crippen LogP contribution is 2.37. The summed E-state index contributed by atoms with van der Waals surface area (Å²) in [4.78, 5) is 2.78. The minimum absolute atomic E-state index is 0.132. The number of nitriles is 1. The first-order chi connectivity index (χ1) is 12.1. The van der Waals surface area contributed by atoms with Crippen LogP contribution in [-0.4, -0.2) is 0 Å². The molecule has 0 fully saturated rings. The average molecular weight is 410 g/mol. The standard InChI is InChI=1S/C20H24NS.ClHO4/c1-19(2,3)17-11-16(12-18(22-17)20(4,5)6)15-9-7-14(13-21)8-10-15;2-1(3,4)5/h7-12H,1-6H3;(H,2,3,4,5)/q+1;/p-1. The van der Waals surface area contributed by atoms with Crippen molar-refractivity contribution in [1.29, 1.82) is 5.26 Å². The zero-order valence-corrected chi connectivity index (χ0v) is 17.9. The Labute approximate surface area is 166 Å². The van der Waals surface area contributed by atoms with Gasteiger partial charge in [-0.05, 0) is 23.3 Å². The third-order valence-corrected chi connectivity index (χ3v) is 5.52. The quantitative estimate of drug-likeness (QED) is 0.660. The lowest BCUT2D eigenvalue weighted by molar-refractivity contribution is -2.00. The molecule has 5 nitrogen and oxygen atoms in total. The van der Waals surface area contributed by atoms with Crippen molar-refractivity contribution in [3.05, 3.63) is 51.7 Å². The van der Waals surface area contributed by atoms with Crippen molar-refractivity contribution < 1.29 is 28.9 Å². The lowest BCUT2D eigenvalue weighted by atomic mass is 9.90. The Balaban J connectivity index is 0.000000646. The van der Waals surface area contributed by atoms with Gasteiger partial charge >= 0.3 is 0 Å². The molecule has 0 saturated carbocycles. The van der Waals surface area contributed by atoms with Gasteiger partial charge in [-0.25, -0.2) is 18.6 Å². The van der Waals surface area contributed by atoms with Crippen molar-refractivity contribution in [3.8, 4) is 17.2 Å². The van der Waals surface area contributed by atoms with Gasteiger partial charge in [-0.15, -0.1) is 10.2 Å². The van der Waals surface area contributed by atoms with Crippen molar-refractivity contribution >= 4 is 11.3 Å². The Morgan fingerprint density at radius 3 is 1.44 bits per heavy atom. The van der Waals surface area contributed by atoms with Crippen LogP contribution < -0.4 is 18.6 Å². The molecular weight excluding hydrogens is 386 g/mol. The monoisotopic (exact) mass is 409 g/mol. The number of hydrogen-bond donors (Lipinski definition) is 0. The van der Waals surface area contributed by atoms with Gasteiger partial charge in [0.25, 0.3) is 0 Å². The number of rotatable bonds is 1. The van der Waals surface area contributed by atoms with E-state index in [1.807, 2.05) is 35.6 Å². The van der Waals surface area contributed by atoms with Gasteiger partial charge in [-0.1, -0.05) is 53.7 Å². The molecule has 1 aromatic heterocycles. The number of hydrogen-bond acceptors (Lipinski definition) is 5. The Kier molecular flexibility index (Phi) is 7.48. The average Bonchev–Trinajstić information content (AvgIpc) is 2.51. The van der Waals surface area contributed by atoms with Gasteiger partial charge in [0.1, 0.15) is 0 Å². The van der Waals surface area contributed by atoms with E-state index in [9.17, 15) is 0 Å². The fourth-order valence-corrected chi connectivity index (χ4v) is 3.37. The molecule has 1 aromatic carbocycles. The second-order valence-electron chi connectivity index (χ2n) is 8.14. The van der Waals surface area contributed by atoms with Gasteiger partial charge < -0.3 is 0 Å². The molecule has 27 heavy (non-hydrogen) atoms. The molecule has 2 rings (SSSR count). The summed E-state index contributed by atoms with van der Waals surface area (Å²) in [6.07, 6.45) is 0. The molecule has 0 bridgehead atoms. The summed E-state index contributed by atoms with van der Waals surface area (Å²) in [5, 5.41) is 8.95. The first-order valence-corrected chi connectivity index (χ1v) is 10.3. The van der Waals surface area contributed by atoms with Crippen molar-refractivity contribution in [2.45, 2.75) is 52.4 Å². The Morgan fingerprint density at radius 2 is 1.15 bits per heavy atom. The lowest BCUT2D eigenvalue weighted by Crippen LogP contribution is -2.68. The molecule has 0 aliphatic rings. The van der Waals surface area contributed by atoms with Crippen LogP contribution in [0.2, 0.25) is 0 Å². The molecule has 2 aromatic rings. The first kappa shape index (κ1) is 23.4. The molecule has 7 heteroatoms. The van der Waals surface area contributed by atoms with Crippen LogP contribution in [0.15, 0.2) is 36.4 Å². The molecular formula is C20H24ClNO4S. The second-order valence-corrected chi connectivity index (χ2v) is 9.98. The summed E-state index contributed by atoms with van der Waals surface area (Å²) < 4.78 is 34.0. The van der Waals surface area contributed by atoms with E-state index in [0.717, 1.165) is 0 Å². The molecule has 0 atom stereocenters. The highest BCUT2D eigenvalue weighted by atomic mass is 35.7. The zero-order valence-electron chi connectivity index (χ0n) is 16.3. The maximum absolute atomic E-state index is 8.95. The van der Waals surface area contributed by atoms with E-state index in [2.05, 4.69) is 59.7 Å². The summed E-state index contributed by atoms with van der Waals surface area (Å²) in [6.45, 7) is 13.5. The first-order valence-electron chi connectivity index (χ1n) is 8.23. The summed E-state index contributed by atoms with van der Waals surface area (Å²) in [7, 11) is -4.94. The third kappa shape index (κ3) is 8.31. The van der Waals surface area contributed by atoms with Crippen LogP contribution in [-0.2, 0) is 10.8 Å². The third-order valence-electron chi connectivity index (χ3n) is 3.62. The van der Waals surface area contributed by atoms with Gasteiger partial charge in [0.05, 0.1) is 11.6 Å². The van der Waals surface area contributed by atoms with Crippen LogP contribution in [0.5, 0.6) is 0 Å². The molecule has 0 spiro atoms. The second kappa shape index (κ2) is 8.61. The lowest BCUT2D eigenvalue weighted by Gasteiger charge is -2.17. The van der Waals surface area contributed by atoms with Gasteiger partial charge in [0.15, 0.2) is 0 Å². The van der Waals surface area contributed by atoms with Gasteiger partial charge in [0, 0.05) is 23.0 Å². The highest BCUT2D eigenvalue weighted by molar-refractivity contribution is 7.12. The van der Waals surface area contributed by atoms with Crippen molar-refractivity contribution in [2.24, 2.45) is 0 Å². The minimum atomic E-state index is -4.94. The van der Waals surface area contributed by atoms with E-state index in [0.29, 0.717) is 5.56 Å². The zero-order chi connectivity index (χ0) is 21.0. The maximum atomic E-state index is 8.95. The van der Waals surface area contributed by atoms with Crippen LogP contribution in [0, 0.1) is 21.6 Å². The maximum Gasteiger partial charge on any atom is 0.219 e. The van der Waals surface area contributed by atoms with E-state index in [1.54, 1.807) is 0 Å². The summed E-state index contributed by atoms with van der Waals surface area (Å²) in [6, 6.07) is 14.6. The normalized spacial score (nSPS) is 12.0. The predicted octanol–water partition coefficient (Wildman–Crippen LogP) is 1.41. The molecule has 0 aliphatic heterocycles. The van der Waals surface area contributed by atoms with E-state index in [4.69, 9.17) is 23.9 Å². The van der Waals surface area contributed by atoms with Crippen LogP contribution in [0.25, 0.3) is 11.1 Å². The molecule has 0 unspecified atom stereocenters. The summed E-state index contributed by atoms with van der Waals surface area (Å²) in [5.74, 6) is 0. The Bertz CT molecular complexity index is 772. The van der Waals surface area contributed by atoms with E-state index in [-0.39, 0.29) is 10.8 Å². The number of halogens is 1. The van der Waals surface area contributed by atoms with Crippen LogP contribution in [0.4, 0.5) is 0 Å². The van der Waals surface area contributed by atoms with Crippen molar-refractivity contribution in [3.63, 3.8) is 0 Å². The molecule has 0 N–H and O–H groups in total. The van der Waals surface area contributed by atoms with Crippen LogP contribution in [0.3, 0.4) is 0 Å². The van der Waals surface area contributed by atoms with Crippen LogP contribution >= 0.6 is 11.3 Å². The topological polar surface area (TPSA) is 116 Å². The fourth-order valence-electron chi connectivity index (χ4n) is 2.14. The Hall–Kier alpha value is -1.59. The minimum Gasteiger partial charge on any atom is -0.222 e. The van der Waals surface area contributed by atoms with Crippen molar-refractivity contribution in [2.75, 3.05) is 0 Å². The predicted molar refractivity (Wildman–Crippen MR) is 96.3 cm³/mol. The van der Waals surface area contributed by atoms with Gasteiger partial charge in [-0.2, -0.15) is 5.26 Å². The molecule has 0 aliphatic carbocycles. The van der Waals surface area contributed by atoms with Gasteiger partial charge in [0.2, 0.25) is 21.1 Å². The van der Waals surface area contributed by atoms with E-state index < -0.39 is 10.2 Å². The summed E-state index contributed by atoms with van der Waals surface area (Å²) >= 11 is 1.90. The van der Waals surface area contributed by atoms with Gasteiger partial charge in [-0.3, -0.25) is 0 Å². The van der Waals surface area contributed by atoms with Crippen LogP contribution in [0.1, 0.15) is 56.9 Å². The Morgan fingerprint density at radius 1 is 0.778 bits per heavy atom. The van der Waals surface area contributed by atoms with Crippen molar-refractivity contribution in [1.82, 2.24) is 0 Å². The smallest absolute Gasteiger partial charge is 0.219 e. The molecule has 0 saturated heterocycles. The summed E-state index contributed by atoms with van der Waals surface area (Å²) in [5.41, 5.74) is 3.37. The largest absolute Gasteiger partial charge is 0.222 e. The van der Waals surface area contributed by atoms with E-state index in [1.165, 1.54) is 20.9 Å². The SMILES string of the molecule is CC(C)(C)c1cc(-c2ccc(C#N)cc2)cc(C(C)(C)C)[s+]1.[O-][Cl+3]([O-])([O-])[O-].